The van der Waals surface area contributed by atoms with Crippen molar-refractivity contribution in [2.45, 2.75) is 18.7 Å². The molecule has 0 fully saturated rings. The van der Waals surface area contributed by atoms with Gasteiger partial charge in [0.05, 0.1) is 5.55 Å². The molecular weight excluding hydrogens is 154 g/mol. The van der Waals surface area contributed by atoms with E-state index in [9.17, 15) is 0 Å². The molecule has 0 atom stereocenters. The minimum absolute atomic E-state index is 1.21. The number of nitrogens with one attached hydrogen (secondary N) is 1. The second-order valence-corrected chi connectivity index (χ2v) is 3.34. The van der Waals surface area contributed by atoms with Gasteiger partial charge in [-0.25, -0.2) is 0 Å². The topological polar surface area (TPSA) is 23.9 Å². The summed E-state index contributed by atoms with van der Waals surface area (Å²) < 4.78 is 0. The lowest BCUT2D eigenvalue weighted by molar-refractivity contribution is 1.22. The molecule has 0 spiro atoms. The molecule has 0 bridgehead atoms. The summed E-state index contributed by atoms with van der Waals surface area (Å²) in [5, 5.41) is 6.97. The first-order valence-electron chi connectivity index (χ1n) is 3.47. The van der Waals surface area contributed by atoms with Gasteiger partial charge in [-0.15, -0.1) is 0 Å². The second kappa shape index (κ2) is 3.58. The predicted octanol–water partition coefficient (Wildman–Crippen LogP) is 3.00. The standard InChI is InChI=1S/C9H11NS/c1-7-4-3-5-8(2)9(7)11-6-10/h3-6,10H,1-2H3. The Kier molecular flexibility index (Phi) is 2.71. The van der Waals surface area contributed by atoms with Crippen LogP contribution in [0.2, 0.25) is 0 Å². The van der Waals surface area contributed by atoms with Gasteiger partial charge in [0.25, 0.3) is 0 Å². The SMILES string of the molecule is Cc1cccc(C)c1SC=N. The van der Waals surface area contributed by atoms with Crippen molar-refractivity contribution >= 4 is 17.3 Å². The maximum atomic E-state index is 6.97. The zero-order valence-corrected chi connectivity index (χ0v) is 7.53. The third-order valence-electron chi connectivity index (χ3n) is 1.59. The fraction of sp³-hybridized carbons (Fsp3) is 0.222. The Morgan fingerprint density at radius 2 is 1.82 bits per heavy atom. The molecule has 0 aliphatic rings. The van der Waals surface area contributed by atoms with Crippen LogP contribution in [-0.2, 0) is 0 Å². The normalized spacial score (nSPS) is 9.64. The molecule has 0 heterocycles. The van der Waals surface area contributed by atoms with Crippen LogP contribution in [0.1, 0.15) is 11.1 Å². The van der Waals surface area contributed by atoms with Gasteiger partial charge < -0.3 is 5.41 Å². The van der Waals surface area contributed by atoms with Crippen LogP contribution in [0.25, 0.3) is 0 Å². The highest BCUT2D eigenvalue weighted by Gasteiger charge is 1.99. The van der Waals surface area contributed by atoms with Crippen LogP contribution in [0.3, 0.4) is 0 Å². The van der Waals surface area contributed by atoms with Gasteiger partial charge in [0.2, 0.25) is 0 Å². The van der Waals surface area contributed by atoms with Crippen molar-refractivity contribution in [3.63, 3.8) is 0 Å². The zero-order chi connectivity index (χ0) is 8.27. The highest BCUT2D eigenvalue weighted by Crippen LogP contribution is 2.23. The van der Waals surface area contributed by atoms with Crippen molar-refractivity contribution in [3.05, 3.63) is 29.3 Å². The monoisotopic (exact) mass is 165 g/mol. The minimum atomic E-state index is 1.21. The second-order valence-electron chi connectivity index (χ2n) is 2.46. The molecule has 0 saturated carbocycles. The van der Waals surface area contributed by atoms with Gasteiger partial charge in [-0.3, -0.25) is 0 Å². The third-order valence-corrected chi connectivity index (χ3v) is 2.58. The highest BCUT2D eigenvalue weighted by atomic mass is 32.2. The van der Waals surface area contributed by atoms with Gasteiger partial charge in [0, 0.05) is 4.90 Å². The van der Waals surface area contributed by atoms with Gasteiger partial charge in [-0.2, -0.15) is 0 Å². The maximum absolute atomic E-state index is 6.97. The molecule has 0 saturated heterocycles. The predicted molar refractivity (Wildman–Crippen MR) is 50.6 cm³/mol. The Morgan fingerprint density at radius 3 is 2.27 bits per heavy atom. The first kappa shape index (κ1) is 8.34. The molecule has 0 radical (unpaired) electrons. The number of hydrogen-bond acceptors (Lipinski definition) is 2. The molecule has 58 valence electrons. The van der Waals surface area contributed by atoms with E-state index in [1.165, 1.54) is 33.3 Å². The molecule has 1 N–H and O–H groups in total. The van der Waals surface area contributed by atoms with Gasteiger partial charge in [-0.1, -0.05) is 30.0 Å². The van der Waals surface area contributed by atoms with E-state index in [1.807, 2.05) is 6.07 Å². The van der Waals surface area contributed by atoms with Crippen molar-refractivity contribution in [2.24, 2.45) is 0 Å². The zero-order valence-electron chi connectivity index (χ0n) is 6.72. The number of rotatable bonds is 2. The van der Waals surface area contributed by atoms with E-state index in [2.05, 4.69) is 26.0 Å². The fourth-order valence-electron chi connectivity index (χ4n) is 1.04. The van der Waals surface area contributed by atoms with Crippen molar-refractivity contribution in [1.29, 1.82) is 5.41 Å². The summed E-state index contributed by atoms with van der Waals surface area (Å²) in [6, 6.07) is 6.18. The summed E-state index contributed by atoms with van der Waals surface area (Å²) in [6.45, 7) is 4.14. The lowest BCUT2D eigenvalue weighted by Crippen LogP contribution is -1.83. The minimum Gasteiger partial charge on any atom is -0.302 e. The van der Waals surface area contributed by atoms with E-state index in [4.69, 9.17) is 5.41 Å². The molecule has 0 aromatic heterocycles. The average Bonchev–Trinajstić information content (AvgIpc) is 1.97. The van der Waals surface area contributed by atoms with Crippen LogP contribution in [0, 0.1) is 19.3 Å². The number of aryl methyl sites for hydroxylation is 2. The molecule has 0 amide bonds. The van der Waals surface area contributed by atoms with E-state index in [-0.39, 0.29) is 0 Å². The first-order valence-corrected chi connectivity index (χ1v) is 4.35. The lowest BCUT2D eigenvalue weighted by atomic mass is 10.2. The Balaban J connectivity index is 3.09. The summed E-state index contributed by atoms with van der Waals surface area (Å²) in [5.74, 6) is 0. The van der Waals surface area contributed by atoms with Gasteiger partial charge in [-0.05, 0) is 25.0 Å². The Morgan fingerprint density at radius 1 is 1.27 bits per heavy atom. The highest BCUT2D eigenvalue weighted by molar-refractivity contribution is 8.12. The lowest BCUT2D eigenvalue weighted by Gasteiger charge is -2.04. The summed E-state index contributed by atoms with van der Waals surface area (Å²) in [5.41, 5.74) is 3.87. The third kappa shape index (κ3) is 1.84. The van der Waals surface area contributed by atoms with Crippen molar-refractivity contribution in [3.8, 4) is 0 Å². The van der Waals surface area contributed by atoms with Crippen LogP contribution in [0.15, 0.2) is 23.1 Å². The molecule has 1 nitrogen and oxygen atoms in total. The fourth-order valence-corrected chi connectivity index (χ4v) is 1.67. The van der Waals surface area contributed by atoms with Crippen LogP contribution in [0.4, 0.5) is 0 Å². The molecule has 0 aliphatic heterocycles. The van der Waals surface area contributed by atoms with Crippen LogP contribution in [0.5, 0.6) is 0 Å². The van der Waals surface area contributed by atoms with Crippen molar-refractivity contribution in [1.82, 2.24) is 0 Å². The molecule has 1 aromatic rings. The van der Waals surface area contributed by atoms with Gasteiger partial charge >= 0.3 is 0 Å². The maximum Gasteiger partial charge on any atom is 0.0554 e. The molecule has 11 heavy (non-hydrogen) atoms. The van der Waals surface area contributed by atoms with Crippen LogP contribution < -0.4 is 0 Å². The van der Waals surface area contributed by atoms with E-state index < -0.39 is 0 Å². The summed E-state index contributed by atoms with van der Waals surface area (Å²) >= 11 is 1.47. The molecule has 0 aliphatic carbocycles. The molecule has 0 unspecified atom stereocenters. The summed E-state index contributed by atoms with van der Waals surface area (Å²) in [4.78, 5) is 1.21. The largest absolute Gasteiger partial charge is 0.302 e. The summed E-state index contributed by atoms with van der Waals surface area (Å²) in [7, 11) is 0. The number of benzene rings is 1. The average molecular weight is 165 g/mol. The number of thioether (sulfide) groups is 1. The molecule has 1 aromatic carbocycles. The Bertz CT molecular complexity index is 248. The van der Waals surface area contributed by atoms with Crippen LogP contribution >= 0.6 is 11.8 Å². The van der Waals surface area contributed by atoms with E-state index in [0.717, 1.165) is 0 Å². The van der Waals surface area contributed by atoms with Crippen molar-refractivity contribution in [2.75, 3.05) is 0 Å². The molecule has 2 heteroatoms. The van der Waals surface area contributed by atoms with Crippen LogP contribution in [-0.4, -0.2) is 5.55 Å². The summed E-state index contributed by atoms with van der Waals surface area (Å²) in [6.07, 6.45) is 0. The first-order chi connectivity index (χ1) is 5.25. The van der Waals surface area contributed by atoms with Gasteiger partial charge in [0.1, 0.15) is 0 Å². The Labute approximate surface area is 71.3 Å². The Hall–Kier alpha value is -0.760. The quantitative estimate of drug-likeness (QED) is 0.406. The molecular formula is C9H11NS. The molecule has 1 rings (SSSR count). The van der Waals surface area contributed by atoms with Gasteiger partial charge in [0.15, 0.2) is 0 Å². The van der Waals surface area contributed by atoms with E-state index in [0.29, 0.717) is 0 Å². The smallest absolute Gasteiger partial charge is 0.0554 e. The van der Waals surface area contributed by atoms with E-state index in [1.54, 1.807) is 0 Å². The van der Waals surface area contributed by atoms with Crippen molar-refractivity contribution < 1.29 is 0 Å². The number of hydrogen-bond donors (Lipinski definition) is 1. The van der Waals surface area contributed by atoms with E-state index >= 15 is 0 Å².